The predicted molar refractivity (Wildman–Crippen MR) is 138 cm³/mol. The first-order valence-corrected chi connectivity index (χ1v) is 13.8. The first-order chi connectivity index (χ1) is 16.6. The van der Waals surface area contributed by atoms with Gasteiger partial charge in [-0.15, -0.1) is 21.5 Å². The van der Waals surface area contributed by atoms with Crippen LogP contribution in [-0.4, -0.2) is 33.0 Å². The van der Waals surface area contributed by atoms with E-state index in [2.05, 4.69) is 45.3 Å². The zero-order chi connectivity index (χ0) is 23.9. The van der Waals surface area contributed by atoms with Crippen molar-refractivity contribution in [2.45, 2.75) is 70.0 Å². The topological polar surface area (TPSA) is 74.8 Å². The second-order valence-corrected chi connectivity index (χ2v) is 10.8. The second kappa shape index (κ2) is 11.7. The molecule has 0 spiro atoms. The van der Waals surface area contributed by atoms with Crippen LogP contribution in [0.15, 0.2) is 40.9 Å². The van der Waals surface area contributed by atoms with E-state index in [1.165, 1.54) is 41.5 Å². The third kappa shape index (κ3) is 5.89. The van der Waals surface area contributed by atoms with Crippen LogP contribution < -0.4 is 4.90 Å². The number of benzene rings is 1. The van der Waals surface area contributed by atoms with Gasteiger partial charge in [-0.1, -0.05) is 43.2 Å². The minimum atomic E-state index is -0.0125. The number of thiophene rings is 1. The van der Waals surface area contributed by atoms with E-state index in [-0.39, 0.29) is 11.7 Å². The summed E-state index contributed by atoms with van der Waals surface area (Å²) in [5, 5.41) is 21.1. The van der Waals surface area contributed by atoms with Gasteiger partial charge in [0, 0.05) is 29.6 Å². The Morgan fingerprint density at radius 3 is 2.74 bits per heavy atom. The summed E-state index contributed by atoms with van der Waals surface area (Å²) < 4.78 is 2.30. The smallest absolute Gasteiger partial charge is 0.237 e. The normalized spacial score (nSPS) is 14.1. The second-order valence-electron chi connectivity index (χ2n) is 8.83. The largest absolute Gasteiger partial charge is 0.311 e. The van der Waals surface area contributed by atoms with E-state index in [0.717, 1.165) is 41.5 Å². The molecule has 1 aliphatic rings. The van der Waals surface area contributed by atoms with E-state index < -0.39 is 0 Å². The van der Waals surface area contributed by atoms with Crippen molar-refractivity contribution >= 4 is 34.7 Å². The summed E-state index contributed by atoms with van der Waals surface area (Å²) in [5.41, 5.74) is 3.16. The fourth-order valence-electron chi connectivity index (χ4n) is 4.46. The van der Waals surface area contributed by atoms with Gasteiger partial charge in [0.15, 0.2) is 5.16 Å². The van der Waals surface area contributed by atoms with Crippen molar-refractivity contribution in [1.82, 2.24) is 14.8 Å². The molecule has 1 saturated carbocycles. The average Bonchev–Trinajstić information content (AvgIpc) is 3.51. The molecule has 2 heterocycles. The Hall–Kier alpha value is -2.63. The lowest BCUT2D eigenvalue weighted by atomic mass is 9.95. The molecule has 1 aliphatic carbocycles. The third-order valence-electron chi connectivity index (χ3n) is 6.46. The van der Waals surface area contributed by atoms with Gasteiger partial charge in [-0.2, -0.15) is 5.26 Å². The number of thioether (sulfide) groups is 1. The molecule has 1 aromatic carbocycles. The number of hydrogen-bond donors (Lipinski definition) is 0. The quantitative estimate of drug-likeness (QED) is 0.337. The van der Waals surface area contributed by atoms with Crippen molar-refractivity contribution < 1.29 is 4.79 Å². The molecule has 3 aromatic rings. The highest BCUT2D eigenvalue weighted by Crippen LogP contribution is 2.34. The Labute approximate surface area is 210 Å². The number of nitrogens with zero attached hydrogens (tertiary/aromatic N) is 5. The van der Waals surface area contributed by atoms with Crippen LogP contribution in [0.2, 0.25) is 0 Å². The van der Waals surface area contributed by atoms with E-state index in [0.29, 0.717) is 19.0 Å². The number of amides is 1. The Bertz CT molecular complexity index is 1140. The van der Waals surface area contributed by atoms with Crippen molar-refractivity contribution in [1.29, 1.82) is 5.26 Å². The van der Waals surface area contributed by atoms with Gasteiger partial charge in [0.1, 0.15) is 5.82 Å². The molecule has 8 heteroatoms. The number of aromatic nitrogens is 3. The zero-order valence-corrected chi connectivity index (χ0v) is 21.5. The Balaban J connectivity index is 1.53. The minimum absolute atomic E-state index is 0.0125. The summed E-state index contributed by atoms with van der Waals surface area (Å²) in [5.74, 6) is 1.24. The van der Waals surface area contributed by atoms with Crippen LogP contribution in [0.3, 0.4) is 0 Å². The number of hydrogen-bond acceptors (Lipinski definition) is 6. The lowest BCUT2D eigenvalue weighted by molar-refractivity contribution is -0.116. The maximum absolute atomic E-state index is 13.3. The van der Waals surface area contributed by atoms with Crippen LogP contribution in [0.5, 0.6) is 0 Å². The van der Waals surface area contributed by atoms with E-state index >= 15 is 0 Å². The van der Waals surface area contributed by atoms with Gasteiger partial charge < -0.3 is 9.47 Å². The maximum Gasteiger partial charge on any atom is 0.237 e. The Morgan fingerprint density at radius 2 is 2.03 bits per heavy atom. The lowest BCUT2D eigenvalue weighted by Gasteiger charge is -2.26. The van der Waals surface area contributed by atoms with Gasteiger partial charge in [-0.05, 0) is 61.4 Å². The van der Waals surface area contributed by atoms with E-state index in [4.69, 9.17) is 5.26 Å². The van der Waals surface area contributed by atoms with Crippen LogP contribution in [0.1, 0.15) is 66.4 Å². The molecule has 1 amide bonds. The first-order valence-electron chi connectivity index (χ1n) is 11.9. The van der Waals surface area contributed by atoms with Crippen LogP contribution in [0.25, 0.3) is 0 Å². The van der Waals surface area contributed by atoms with Crippen molar-refractivity contribution in [2.24, 2.45) is 0 Å². The summed E-state index contributed by atoms with van der Waals surface area (Å²) in [4.78, 5) is 16.3. The molecule has 1 fully saturated rings. The molecule has 178 valence electrons. The summed E-state index contributed by atoms with van der Waals surface area (Å²) >= 11 is 3.20. The molecular formula is C26H31N5OS2. The monoisotopic (exact) mass is 493 g/mol. The third-order valence-corrected chi connectivity index (χ3v) is 8.27. The number of aryl methyl sites for hydroxylation is 2. The fourth-order valence-corrected chi connectivity index (χ4v) is 6.06. The van der Waals surface area contributed by atoms with Crippen molar-refractivity contribution in [3.8, 4) is 6.07 Å². The minimum Gasteiger partial charge on any atom is -0.311 e. The first kappa shape index (κ1) is 24.5. The molecule has 6 nitrogen and oxygen atoms in total. The average molecular weight is 494 g/mol. The predicted octanol–water partition coefficient (Wildman–Crippen LogP) is 6.09. The number of nitriles is 1. The fraction of sp³-hybridized carbons (Fsp3) is 0.462. The Kier molecular flexibility index (Phi) is 8.41. The van der Waals surface area contributed by atoms with Gasteiger partial charge >= 0.3 is 0 Å². The molecule has 0 unspecified atom stereocenters. The molecule has 0 bridgehead atoms. The van der Waals surface area contributed by atoms with Crippen LogP contribution in [-0.2, 0) is 11.2 Å². The summed E-state index contributed by atoms with van der Waals surface area (Å²) in [7, 11) is 0. The molecule has 0 radical (unpaired) electrons. The van der Waals surface area contributed by atoms with Crippen LogP contribution >= 0.6 is 23.1 Å². The van der Waals surface area contributed by atoms with E-state index in [9.17, 15) is 4.79 Å². The highest BCUT2D eigenvalue weighted by Gasteiger charge is 2.25. The van der Waals surface area contributed by atoms with Gasteiger partial charge in [0.05, 0.1) is 18.2 Å². The van der Waals surface area contributed by atoms with Gasteiger partial charge in [-0.25, -0.2) is 0 Å². The number of rotatable bonds is 9. The van der Waals surface area contributed by atoms with Crippen molar-refractivity contribution in [3.63, 3.8) is 0 Å². The molecule has 0 saturated heterocycles. The molecule has 34 heavy (non-hydrogen) atoms. The van der Waals surface area contributed by atoms with Crippen molar-refractivity contribution in [3.05, 3.63) is 57.5 Å². The molecule has 4 rings (SSSR count). The summed E-state index contributed by atoms with van der Waals surface area (Å²) in [6.45, 7) is 4.49. The summed E-state index contributed by atoms with van der Waals surface area (Å²) in [6.07, 6.45) is 7.06. The Morgan fingerprint density at radius 1 is 1.21 bits per heavy atom. The highest BCUT2D eigenvalue weighted by molar-refractivity contribution is 7.99. The van der Waals surface area contributed by atoms with Gasteiger partial charge in [0.2, 0.25) is 5.91 Å². The summed E-state index contributed by atoms with van der Waals surface area (Å²) in [6, 6.07) is 12.8. The van der Waals surface area contributed by atoms with E-state index in [1.807, 2.05) is 25.1 Å². The van der Waals surface area contributed by atoms with E-state index in [1.54, 1.807) is 16.2 Å². The van der Waals surface area contributed by atoms with Gasteiger partial charge in [0.25, 0.3) is 0 Å². The number of carbonyl (C=O) groups is 1. The molecular weight excluding hydrogens is 462 g/mol. The van der Waals surface area contributed by atoms with Crippen molar-refractivity contribution in [2.75, 3.05) is 17.2 Å². The number of anilines is 1. The zero-order valence-electron chi connectivity index (χ0n) is 19.9. The maximum atomic E-state index is 13.3. The van der Waals surface area contributed by atoms with Crippen LogP contribution in [0.4, 0.5) is 5.69 Å². The molecule has 0 atom stereocenters. The molecule has 2 aromatic heterocycles. The van der Waals surface area contributed by atoms with Gasteiger partial charge in [-0.3, -0.25) is 4.79 Å². The standard InChI is InChI=1S/C26H31N5OS2/c1-19-11-12-22(16-20(19)2)30(14-7-13-27)25(32)18-34-26-29-28-24(17-23-10-6-15-33-23)31(26)21-8-4-3-5-9-21/h6,10-12,15-16,21H,3-5,7-9,14,17-18H2,1-2H3. The molecule has 0 N–H and O–H groups in total. The lowest BCUT2D eigenvalue weighted by Crippen LogP contribution is -2.33. The number of carbonyl (C=O) groups excluding carboxylic acids is 1. The van der Waals surface area contributed by atoms with Crippen LogP contribution in [0, 0.1) is 25.2 Å². The highest BCUT2D eigenvalue weighted by atomic mass is 32.2. The molecule has 0 aliphatic heterocycles. The SMILES string of the molecule is Cc1ccc(N(CCC#N)C(=O)CSc2nnc(Cc3cccs3)n2C2CCCCC2)cc1C.